The molecule has 2 heterocycles. The molecular weight excluding hydrogens is 727 g/mol. The van der Waals surface area contributed by atoms with Crippen LogP contribution in [0, 0.1) is 0 Å². The lowest BCUT2D eigenvalue weighted by Crippen LogP contribution is -2.57. The summed E-state index contributed by atoms with van der Waals surface area (Å²) in [7, 11) is 118. The van der Waals surface area contributed by atoms with E-state index in [4.69, 9.17) is 141 Å². The van der Waals surface area contributed by atoms with Gasteiger partial charge >= 0.3 is 0 Å². The Bertz CT molecular complexity index is 3170. The molecule has 0 saturated heterocycles. The number of hydrogen-bond acceptors (Lipinski definition) is 0. The molecule has 0 fully saturated rings. The molecule has 0 N–H and O–H groups in total. The number of nitrogens with zero attached hydrogens (tertiary/aromatic N) is 2. The average Bonchev–Trinajstić information content (AvgIpc) is 3.77. The summed E-state index contributed by atoms with van der Waals surface area (Å²) in [5.41, 5.74) is 4.77. The van der Waals surface area contributed by atoms with Crippen molar-refractivity contribution in [3.8, 4) is 33.6 Å². The summed E-state index contributed by atoms with van der Waals surface area (Å²) in [5.74, 6) is 0. The molecule has 0 atom stereocenters. The highest BCUT2D eigenvalue weighted by Crippen LogP contribution is 2.41. The number of benzene rings is 7. The van der Waals surface area contributed by atoms with Crippen LogP contribution in [0.15, 0.2) is 60.7 Å². The van der Waals surface area contributed by atoms with Crippen molar-refractivity contribution in [1.82, 2.24) is 9.13 Å². The van der Waals surface area contributed by atoms with E-state index in [9.17, 15) is 0 Å². The molecule has 2 aromatic heterocycles. The van der Waals surface area contributed by atoms with Gasteiger partial charge in [-0.15, -0.1) is 32.8 Å². The first-order valence-electron chi connectivity index (χ1n) is 18.9. The maximum atomic E-state index is 6.97. The molecule has 2 nitrogen and oxygen atoms in total. The Morgan fingerprint density at radius 3 is 0.726 bits per heavy atom. The Balaban J connectivity index is 1.37. The van der Waals surface area contributed by atoms with Gasteiger partial charge in [0.25, 0.3) is 0 Å². The number of rotatable bonds is 4. The number of hydrogen-bond donors (Lipinski definition) is 0. The predicted molar refractivity (Wildman–Crippen MR) is 283 cm³/mol. The molecule has 0 aliphatic rings. The Morgan fingerprint density at radius 2 is 0.452 bits per heavy atom. The van der Waals surface area contributed by atoms with E-state index < -0.39 is 0 Å². The first kappa shape index (κ1) is 42.6. The van der Waals surface area contributed by atoms with Crippen molar-refractivity contribution >= 4 is 283 Å². The lowest BCUT2D eigenvalue weighted by Gasteiger charge is -2.29. The van der Waals surface area contributed by atoms with Gasteiger partial charge in [-0.2, -0.15) is 0 Å². The number of fused-ring (bicyclic) bond motifs is 7. The second-order valence-corrected chi connectivity index (χ2v) is 15.2. The van der Waals surface area contributed by atoms with E-state index in [2.05, 4.69) is 0 Å². The fourth-order valence-electron chi connectivity index (χ4n) is 8.89. The molecule has 0 spiro atoms. The van der Waals surface area contributed by atoms with Gasteiger partial charge in [0, 0.05) is 32.9 Å². The standard InChI is InChI=1S/C42H10B18N2/c43-23-19(24(44)32(52)35(55)31(23)51)21-27(47)37(57)41(38(58)28(21)48)61-13-7-3-1-5-11(13)17-15(61)9-10-16-18(17)12-6-2-4-8-14(12)62(16)42-39(59)29(49)22(30(50)40(42)60)20-25(45)33(53)36(56)34(54)26(20)46/h1-10H. The zero-order valence-corrected chi connectivity index (χ0v) is 33.1. The van der Waals surface area contributed by atoms with Crippen molar-refractivity contribution in [2.75, 3.05) is 0 Å². The molecular formula is C42H10B18N2. The van der Waals surface area contributed by atoms with Gasteiger partial charge in [0.05, 0.1) is 22.1 Å². The predicted octanol–water partition coefficient (Wildman–Crippen LogP) is -10.5. The first-order chi connectivity index (χ1) is 29.3. The normalized spacial score (nSPS) is 11.7. The first-order valence-corrected chi connectivity index (χ1v) is 18.9. The lowest BCUT2D eigenvalue weighted by atomic mass is 9.56. The van der Waals surface area contributed by atoms with Crippen LogP contribution in [0.1, 0.15) is 0 Å². The third kappa shape index (κ3) is 5.62. The average molecular weight is 737 g/mol. The topological polar surface area (TPSA) is 9.86 Å². The third-order valence-electron chi connectivity index (χ3n) is 12.1. The molecule has 36 radical (unpaired) electrons. The van der Waals surface area contributed by atoms with Crippen LogP contribution in [0.25, 0.3) is 77.2 Å². The van der Waals surface area contributed by atoms with Gasteiger partial charge in [0.2, 0.25) is 0 Å². The highest BCUT2D eigenvalue weighted by Gasteiger charge is 2.27. The number of para-hydroxylation sites is 2. The van der Waals surface area contributed by atoms with E-state index in [1.807, 2.05) is 69.8 Å². The van der Waals surface area contributed by atoms with Crippen molar-refractivity contribution in [1.29, 1.82) is 0 Å². The minimum absolute atomic E-state index is 0.00805. The fourth-order valence-corrected chi connectivity index (χ4v) is 8.89. The molecule has 0 aliphatic carbocycles. The Labute approximate surface area is 384 Å². The molecule has 7 aromatic carbocycles. The van der Waals surface area contributed by atoms with Crippen molar-refractivity contribution in [3.05, 3.63) is 60.7 Å². The van der Waals surface area contributed by atoms with E-state index in [1.54, 1.807) is 0 Å². The molecule has 9 aromatic rings. The van der Waals surface area contributed by atoms with Crippen molar-refractivity contribution in [2.45, 2.75) is 0 Å². The van der Waals surface area contributed by atoms with Gasteiger partial charge in [-0.05, 0) is 46.5 Å². The highest BCUT2D eigenvalue weighted by molar-refractivity contribution is 6.72. The molecule has 0 saturated carbocycles. The van der Waals surface area contributed by atoms with Crippen LogP contribution in [-0.4, -0.2) is 150 Å². The SMILES string of the molecule is [B]c1c([B])c([B])c(-c2c([B])c([B])c(-n3c4ccccc4c4c5c6ccccc6n(-c6c([B])c([B])c(-c7c([B])c([B])c([B])c([B])c7[B])c([B])c6[B])c5ccc43)c([B])c2[B])c([B])c1[B]. The van der Waals surface area contributed by atoms with Gasteiger partial charge in [0.1, 0.15) is 141 Å². The molecule has 62 heavy (non-hydrogen) atoms. The Morgan fingerprint density at radius 1 is 0.226 bits per heavy atom. The molecule has 0 bridgehead atoms. The van der Waals surface area contributed by atoms with Gasteiger partial charge in [-0.25, -0.2) is 0 Å². The second kappa shape index (κ2) is 15.0. The van der Waals surface area contributed by atoms with Crippen LogP contribution in [-0.2, 0) is 0 Å². The van der Waals surface area contributed by atoms with Crippen molar-refractivity contribution < 1.29 is 0 Å². The summed E-state index contributed by atoms with van der Waals surface area (Å²) in [6.07, 6.45) is 0. The minimum Gasteiger partial charge on any atom is -0.310 e. The van der Waals surface area contributed by atoms with Crippen LogP contribution >= 0.6 is 0 Å². The van der Waals surface area contributed by atoms with Gasteiger partial charge in [-0.3, -0.25) is 0 Å². The van der Waals surface area contributed by atoms with Crippen LogP contribution < -0.4 is 98.3 Å². The molecule has 0 unspecified atom stereocenters. The monoisotopic (exact) mass is 740 g/mol. The summed E-state index contributed by atoms with van der Waals surface area (Å²) in [6, 6.07) is 19.3. The quantitative estimate of drug-likeness (QED) is 0.159. The number of aromatic nitrogens is 2. The molecule has 9 rings (SSSR count). The Kier molecular flexibility index (Phi) is 10.3. The van der Waals surface area contributed by atoms with E-state index in [1.165, 1.54) is 0 Å². The molecule has 0 amide bonds. The van der Waals surface area contributed by atoms with Gasteiger partial charge in [-0.1, -0.05) is 102 Å². The van der Waals surface area contributed by atoms with Crippen LogP contribution in [0.3, 0.4) is 0 Å². The largest absolute Gasteiger partial charge is 0.310 e. The summed E-state index contributed by atoms with van der Waals surface area (Å²) < 4.78 is 3.81. The third-order valence-corrected chi connectivity index (χ3v) is 12.1. The zero-order chi connectivity index (χ0) is 44.7. The molecule has 20 heteroatoms. The van der Waals surface area contributed by atoms with E-state index in [-0.39, 0.29) is 121 Å². The summed E-state index contributed by atoms with van der Waals surface area (Å²) in [6.45, 7) is 0. The van der Waals surface area contributed by atoms with E-state index in [0.717, 1.165) is 32.6 Å². The van der Waals surface area contributed by atoms with Gasteiger partial charge < -0.3 is 9.13 Å². The lowest BCUT2D eigenvalue weighted by molar-refractivity contribution is 1.20. The van der Waals surface area contributed by atoms with Crippen LogP contribution in [0.4, 0.5) is 0 Å². The summed E-state index contributed by atoms with van der Waals surface area (Å²) >= 11 is 0. The smallest absolute Gasteiger partial charge is 0.115 e. The second-order valence-electron chi connectivity index (χ2n) is 15.2. The highest BCUT2D eigenvalue weighted by atomic mass is 15.0. The van der Waals surface area contributed by atoms with Crippen molar-refractivity contribution in [2.24, 2.45) is 0 Å². The Hall–Kier alpha value is -4.69. The zero-order valence-electron chi connectivity index (χ0n) is 33.1. The van der Waals surface area contributed by atoms with Crippen LogP contribution in [0.2, 0.25) is 0 Å². The van der Waals surface area contributed by atoms with Crippen molar-refractivity contribution in [3.63, 3.8) is 0 Å². The minimum atomic E-state index is 0.00805. The van der Waals surface area contributed by atoms with Crippen LogP contribution in [0.5, 0.6) is 0 Å². The van der Waals surface area contributed by atoms with E-state index >= 15 is 0 Å². The molecule has 242 valence electrons. The maximum absolute atomic E-state index is 6.97. The van der Waals surface area contributed by atoms with E-state index in [0.29, 0.717) is 22.4 Å². The summed E-state index contributed by atoms with van der Waals surface area (Å²) in [5, 5.41) is 3.32. The molecule has 0 aliphatic heterocycles. The van der Waals surface area contributed by atoms with Gasteiger partial charge in [0.15, 0.2) is 0 Å². The fraction of sp³-hybridized carbons (Fsp3) is 0. The summed E-state index contributed by atoms with van der Waals surface area (Å²) in [4.78, 5) is 0. The maximum Gasteiger partial charge on any atom is 0.115 e.